The van der Waals surface area contributed by atoms with E-state index in [-0.39, 0.29) is 0 Å². The molecule has 3 rings (SSSR count). The van der Waals surface area contributed by atoms with Crippen LogP contribution in [0.3, 0.4) is 0 Å². The van der Waals surface area contributed by atoms with Crippen LogP contribution < -0.4 is 0 Å². The van der Waals surface area contributed by atoms with Crippen molar-refractivity contribution in [2.75, 3.05) is 0 Å². The van der Waals surface area contributed by atoms with Gasteiger partial charge in [0.25, 0.3) is 0 Å². The largest absolute Gasteiger partial charge is 0.0776 e. The van der Waals surface area contributed by atoms with Gasteiger partial charge in [-0.3, -0.25) is 0 Å². The molecule has 2 atom stereocenters. The zero-order valence-electron chi connectivity index (χ0n) is 9.20. The van der Waals surface area contributed by atoms with Crippen LogP contribution in [0.1, 0.15) is 0 Å². The average molecular weight is 202 g/mol. The second kappa shape index (κ2) is 3.39. The Kier molecular flexibility index (Phi) is 2.36. The molecule has 1 heteroatoms. The second-order valence-electron chi connectivity index (χ2n) is 5.13. The van der Waals surface area contributed by atoms with Gasteiger partial charge in [0.05, 0.1) is 8.07 Å². The Morgan fingerprint density at radius 3 is 2.36 bits per heavy atom. The predicted molar refractivity (Wildman–Crippen MR) is 65.8 cm³/mol. The summed E-state index contributed by atoms with van der Waals surface area (Å²) < 4.78 is 0. The lowest BCUT2D eigenvalue weighted by Crippen LogP contribution is -2.30. The molecular formula is C13H18Si. The molecular weight excluding hydrogens is 184 g/mol. The molecule has 0 saturated carbocycles. The van der Waals surface area contributed by atoms with Crippen molar-refractivity contribution in [2.24, 2.45) is 11.8 Å². The maximum Gasteiger partial charge on any atom is 0.0732 e. The van der Waals surface area contributed by atoms with E-state index in [0.29, 0.717) is 11.8 Å². The van der Waals surface area contributed by atoms with Crippen LogP contribution in [0, 0.1) is 11.8 Å². The van der Waals surface area contributed by atoms with E-state index < -0.39 is 8.07 Å². The molecule has 0 unspecified atom stereocenters. The first-order valence-electron chi connectivity index (χ1n) is 5.33. The van der Waals surface area contributed by atoms with Crippen molar-refractivity contribution in [1.29, 1.82) is 0 Å². The van der Waals surface area contributed by atoms with E-state index >= 15 is 0 Å². The van der Waals surface area contributed by atoms with Gasteiger partial charge in [0.15, 0.2) is 0 Å². The van der Waals surface area contributed by atoms with Crippen LogP contribution in [0.25, 0.3) is 0 Å². The van der Waals surface area contributed by atoms with Crippen LogP contribution in [-0.2, 0) is 0 Å². The Bertz CT molecular complexity index is 337. The van der Waals surface area contributed by atoms with E-state index in [1.165, 1.54) is 0 Å². The van der Waals surface area contributed by atoms with Gasteiger partial charge in [0.1, 0.15) is 0 Å². The highest BCUT2D eigenvalue weighted by Crippen LogP contribution is 2.32. The highest BCUT2D eigenvalue weighted by molar-refractivity contribution is 6.83. The minimum atomic E-state index is -1.14. The Hall–Kier alpha value is -0.823. The predicted octanol–water partition coefficient (Wildman–Crippen LogP) is 3.72. The normalized spacial score (nSPS) is 34.6. The molecule has 0 aromatic heterocycles. The molecule has 0 amide bonds. The number of rotatable bonds is 1. The third-order valence-corrected chi connectivity index (χ3v) is 5.13. The van der Waals surface area contributed by atoms with Crippen LogP contribution >= 0.6 is 0 Å². The third kappa shape index (κ3) is 1.83. The highest BCUT2D eigenvalue weighted by Gasteiger charge is 2.27. The Labute approximate surface area is 87.7 Å². The first-order chi connectivity index (χ1) is 6.57. The number of fused-ring (bicyclic) bond motifs is 1. The van der Waals surface area contributed by atoms with Gasteiger partial charge >= 0.3 is 0 Å². The van der Waals surface area contributed by atoms with Crippen LogP contribution in [0.2, 0.25) is 19.6 Å². The Morgan fingerprint density at radius 1 is 0.929 bits per heavy atom. The molecule has 0 heterocycles. The van der Waals surface area contributed by atoms with E-state index in [1.807, 2.05) is 0 Å². The van der Waals surface area contributed by atoms with Crippen molar-refractivity contribution in [2.45, 2.75) is 19.6 Å². The fourth-order valence-electron chi connectivity index (χ4n) is 2.14. The minimum Gasteiger partial charge on any atom is -0.0776 e. The molecule has 3 aliphatic rings. The lowest BCUT2D eigenvalue weighted by molar-refractivity contribution is 0.900. The van der Waals surface area contributed by atoms with Gasteiger partial charge in [-0.05, 0) is 0 Å². The molecule has 14 heavy (non-hydrogen) atoms. The van der Waals surface area contributed by atoms with E-state index in [9.17, 15) is 0 Å². The number of hydrogen-bond acceptors (Lipinski definition) is 0. The van der Waals surface area contributed by atoms with Crippen molar-refractivity contribution in [3.8, 4) is 0 Å². The van der Waals surface area contributed by atoms with Gasteiger partial charge in [-0.15, -0.1) is 0 Å². The standard InChI is InChI=1S/C13H18Si/c1-14(2,3)13-10-11-6-4-5-7-12(13)9-8-11/h4-12H,1-3H3/b6-4-,7-5-/t11-,12+/m0/s1. The molecule has 0 saturated heterocycles. The Morgan fingerprint density at radius 2 is 1.64 bits per heavy atom. The van der Waals surface area contributed by atoms with Crippen molar-refractivity contribution < 1.29 is 0 Å². The van der Waals surface area contributed by atoms with Gasteiger partial charge in [0.2, 0.25) is 0 Å². The van der Waals surface area contributed by atoms with Crippen molar-refractivity contribution in [3.63, 3.8) is 0 Å². The fraction of sp³-hybridized carbons (Fsp3) is 0.385. The number of allylic oxidation sites excluding steroid dienone is 8. The van der Waals surface area contributed by atoms with Crippen LogP contribution in [-0.4, -0.2) is 8.07 Å². The van der Waals surface area contributed by atoms with E-state index in [0.717, 1.165) is 0 Å². The summed E-state index contributed by atoms with van der Waals surface area (Å²) in [7, 11) is -1.14. The van der Waals surface area contributed by atoms with Crippen LogP contribution in [0.5, 0.6) is 0 Å². The van der Waals surface area contributed by atoms with Gasteiger partial charge < -0.3 is 0 Å². The summed E-state index contributed by atoms with van der Waals surface area (Å²) in [5.74, 6) is 1.11. The molecule has 2 bridgehead atoms. The maximum absolute atomic E-state index is 2.47. The quantitative estimate of drug-likeness (QED) is 0.449. The maximum atomic E-state index is 2.47. The van der Waals surface area contributed by atoms with E-state index in [2.05, 4.69) is 62.2 Å². The molecule has 0 N–H and O–H groups in total. The summed E-state index contributed by atoms with van der Waals surface area (Å²) in [6.45, 7) is 7.30. The zero-order valence-corrected chi connectivity index (χ0v) is 10.2. The average Bonchev–Trinajstić information content (AvgIpc) is 2.02. The molecule has 0 aromatic rings. The lowest BCUT2D eigenvalue weighted by atomic mass is 9.93. The van der Waals surface area contributed by atoms with Crippen molar-refractivity contribution in [1.82, 2.24) is 0 Å². The topological polar surface area (TPSA) is 0 Å². The smallest absolute Gasteiger partial charge is 0.0732 e. The molecule has 3 aliphatic carbocycles. The van der Waals surface area contributed by atoms with E-state index in [4.69, 9.17) is 0 Å². The molecule has 74 valence electrons. The molecule has 0 aliphatic heterocycles. The van der Waals surface area contributed by atoms with Gasteiger partial charge in [0, 0.05) is 11.8 Å². The summed E-state index contributed by atoms with van der Waals surface area (Å²) in [5, 5.41) is 1.69. The summed E-state index contributed by atoms with van der Waals surface area (Å²) in [6, 6.07) is 0. The van der Waals surface area contributed by atoms with Crippen LogP contribution in [0.15, 0.2) is 47.7 Å². The van der Waals surface area contributed by atoms with Gasteiger partial charge in [-0.25, -0.2) is 0 Å². The SMILES string of the molecule is C[Si](C)(C)C1=C[C@@H]2C=C[C@H]1/C=C\C=C/2. The fourth-order valence-corrected chi connectivity index (χ4v) is 4.02. The minimum absolute atomic E-state index is 0.540. The van der Waals surface area contributed by atoms with E-state index in [1.54, 1.807) is 5.20 Å². The lowest BCUT2D eigenvalue weighted by Gasteiger charge is -2.30. The molecule has 0 fully saturated rings. The van der Waals surface area contributed by atoms with Crippen molar-refractivity contribution in [3.05, 3.63) is 47.7 Å². The summed E-state index contributed by atoms with van der Waals surface area (Å²) >= 11 is 0. The molecule has 0 aromatic carbocycles. The monoisotopic (exact) mass is 202 g/mol. The molecule has 0 radical (unpaired) electrons. The van der Waals surface area contributed by atoms with Crippen LogP contribution in [0.4, 0.5) is 0 Å². The Balaban J connectivity index is 2.41. The first kappa shape index (κ1) is 9.72. The molecule has 0 nitrogen and oxygen atoms in total. The second-order valence-corrected chi connectivity index (χ2v) is 10.2. The third-order valence-electron chi connectivity index (χ3n) is 2.90. The summed E-state index contributed by atoms with van der Waals surface area (Å²) in [4.78, 5) is 0. The van der Waals surface area contributed by atoms with Gasteiger partial charge in [-0.1, -0.05) is 67.4 Å². The van der Waals surface area contributed by atoms with Gasteiger partial charge in [-0.2, -0.15) is 0 Å². The summed E-state index contributed by atoms with van der Waals surface area (Å²) in [6.07, 6.45) is 16.1. The number of hydrogen-bond donors (Lipinski definition) is 0. The molecule has 0 spiro atoms. The first-order valence-corrected chi connectivity index (χ1v) is 8.83. The zero-order chi connectivity index (χ0) is 10.2. The van der Waals surface area contributed by atoms with Crippen molar-refractivity contribution >= 4 is 8.07 Å². The summed E-state index contributed by atoms with van der Waals surface area (Å²) in [5.41, 5.74) is 0. The highest BCUT2D eigenvalue weighted by atomic mass is 28.3.